The number of hydrogen-bond acceptors (Lipinski definition) is 3. The lowest BCUT2D eigenvalue weighted by Crippen LogP contribution is -2.45. The third kappa shape index (κ3) is 4.71. The smallest absolute Gasteiger partial charge is 0.325 e. The zero-order valence-electron chi connectivity index (χ0n) is 14.6. The summed E-state index contributed by atoms with van der Waals surface area (Å²) in [6.07, 6.45) is -3.30. The molecular formula is C18H20F3N3O2. The molecule has 5 nitrogen and oxygen atoms in total. The molecule has 1 aliphatic rings. The minimum atomic E-state index is -4.53. The SMILES string of the molecule is C=CCN(CC(F)(F)F)C(=O)C1=NN(c2cc(C)ccc2C)C(=O)CC1. The first-order chi connectivity index (χ1) is 12.1. The van der Waals surface area contributed by atoms with E-state index in [4.69, 9.17) is 0 Å². The lowest BCUT2D eigenvalue weighted by atomic mass is 10.1. The molecule has 2 amide bonds. The van der Waals surface area contributed by atoms with E-state index in [1.54, 1.807) is 13.0 Å². The molecule has 0 aromatic heterocycles. The minimum absolute atomic E-state index is 0.00449. The van der Waals surface area contributed by atoms with E-state index in [2.05, 4.69) is 11.7 Å². The van der Waals surface area contributed by atoms with E-state index in [1.165, 1.54) is 6.08 Å². The molecule has 2 rings (SSSR count). The Bertz CT molecular complexity index is 757. The molecule has 0 radical (unpaired) electrons. The van der Waals surface area contributed by atoms with Gasteiger partial charge in [-0.3, -0.25) is 9.59 Å². The number of anilines is 1. The summed E-state index contributed by atoms with van der Waals surface area (Å²) in [5.74, 6) is -1.15. The summed E-state index contributed by atoms with van der Waals surface area (Å²) in [6.45, 7) is 5.38. The van der Waals surface area contributed by atoms with Gasteiger partial charge in [-0.2, -0.15) is 18.3 Å². The number of rotatable bonds is 5. The molecule has 8 heteroatoms. The van der Waals surface area contributed by atoms with Crippen molar-refractivity contribution in [1.82, 2.24) is 4.90 Å². The molecule has 0 fully saturated rings. The highest BCUT2D eigenvalue weighted by molar-refractivity contribution is 6.40. The van der Waals surface area contributed by atoms with Gasteiger partial charge in [-0.1, -0.05) is 18.2 Å². The summed E-state index contributed by atoms with van der Waals surface area (Å²) in [7, 11) is 0. The fourth-order valence-corrected chi connectivity index (χ4v) is 2.62. The first kappa shape index (κ1) is 19.7. The molecule has 0 unspecified atom stereocenters. The molecule has 0 bridgehead atoms. The molecular weight excluding hydrogens is 347 g/mol. The lowest BCUT2D eigenvalue weighted by Gasteiger charge is -2.28. The van der Waals surface area contributed by atoms with Crippen LogP contribution in [-0.4, -0.2) is 41.7 Å². The molecule has 0 saturated heterocycles. The average molecular weight is 367 g/mol. The predicted octanol–water partition coefficient (Wildman–Crippen LogP) is 3.36. The van der Waals surface area contributed by atoms with Gasteiger partial charge in [-0.15, -0.1) is 6.58 Å². The van der Waals surface area contributed by atoms with Crippen LogP contribution >= 0.6 is 0 Å². The van der Waals surface area contributed by atoms with Gasteiger partial charge in [-0.05, 0) is 31.0 Å². The second-order valence-electron chi connectivity index (χ2n) is 6.13. The number of aryl methyl sites for hydroxylation is 2. The number of hydrogen-bond donors (Lipinski definition) is 0. The molecule has 0 saturated carbocycles. The summed E-state index contributed by atoms with van der Waals surface area (Å²) < 4.78 is 38.2. The largest absolute Gasteiger partial charge is 0.406 e. The van der Waals surface area contributed by atoms with Gasteiger partial charge in [0.15, 0.2) is 0 Å². The van der Waals surface area contributed by atoms with Gasteiger partial charge in [0.2, 0.25) is 5.91 Å². The Morgan fingerprint density at radius 1 is 1.35 bits per heavy atom. The minimum Gasteiger partial charge on any atom is -0.325 e. The normalized spacial score (nSPS) is 14.9. The van der Waals surface area contributed by atoms with E-state index in [0.717, 1.165) is 16.1 Å². The van der Waals surface area contributed by atoms with Gasteiger partial charge in [-0.25, -0.2) is 5.01 Å². The second kappa shape index (κ2) is 7.72. The molecule has 0 atom stereocenters. The van der Waals surface area contributed by atoms with Crippen molar-refractivity contribution in [3.63, 3.8) is 0 Å². The van der Waals surface area contributed by atoms with E-state index in [0.29, 0.717) is 10.6 Å². The van der Waals surface area contributed by atoms with Crippen LogP contribution in [0.2, 0.25) is 0 Å². The summed E-state index contributed by atoms with van der Waals surface area (Å²) in [4.78, 5) is 25.4. The number of carbonyl (C=O) groups is 2. The zero-order chi connectivity index (χ0) is 19.5. The Hall–Kier alpha value is -2.64. The van der Waals surface area contributed by atoms with Gasteiger partial charge in [0.1, 0.15) is 12.3 Å². The Morgan fingerprint density at radius 2 is 2.04 bits per heavy atom. The number of hydrazone groups is 1. The predicted molar refractivity (Wildman–Crippen MR) is 92.9 cm³/mol. The van der Waals surface area contributed by atoms with Crippen molar-refractivity contribution in [3.8, 4) is 0 Å². The van der Waals surface area contributed by atoms with Crippen molar-refractivity contribution < 1.29 is 22.8 Å². The molecule has 1 aromatic rings. The molecule has 1 aliphatic heterocycles. The van der Waals surface area contributed by atoms with Crippen molar-refractivity contribution >= 4 is 23.2 Å². The van der Waals surface area contributed by atoms with Gasteiger partial charge < -0.3 is 4.90 Å². The van der Waals surface area contributed by atoms with E-state index in [-0.39, 0.29) is 31.0 Å². The van der Waals surface area contributed by atoms with Gasteiger partial charge in [0.05, 0.1) is 5.69 Å². The maximum Gasteiger partial charge on any atom is 0.406 e. The Balaban J connectivity index is 2.35. The topological polar surface area (TPSA) is 53.0 Å². The number of alkyl halides is 3. The molecule has 1 aromatic carbocycles. The molecule has 140 valence electrons. The molecule has 0 aliphatic carbocycles. The van der Waals surface area contributed by atoms with Crippen LogP contribution in [0, 0.1) is 13.8 Å². The number of carbonyl (C=O) groups excluding carboxylic acids is 2. The number of nitrogens with zero attached hydrogens (tertiary/aromatic N) is 3. The summed E-state index contributed by atoms with van der Waals surface area (Å²) >= 11 is 0. The Kier molecular flexibility index (Phi) is 5.84. The fraction of sp³-hybridized carbons (Fsp3) is 0.389. The number of benzene rings is 1. The van der Waals surface area contributed by atoms with Crippen LogP contribution in [0.5, 0.6) is 0 Å². The van der Waals surface area contributed by atoms with Crippen molar-refractivity contribution in [2.75, 3.05) is 18.1 Å². The quantitative estimate of drug-likeness (QED) is 0.750. The zero-order valence-corrected chi connectivity index (χ0v) is 14.6. The van der Waals surface area contributed by atoms with Gasteiger partial charge in [0, 0.05) is 19.4 Å². The van der Waals surface area contributed by atoms with Crippen molar-refractivity contribution in [1.29, 1.82) is 0 Å². The highest BCUT2D eigenvalue weighted by Gasteiger charge is 2.35. The number of amides is 2. The van der Waals surface area contributed by atoms with Crippen LogP contribution in [0.3, 0.4) is 0 Å². The van der Waals surface area contributed by atoms with Crippen molar-refractivity contribution in [3.05, 3.63) is 42.0 Å². The van der Waals surface area contributed by atoms with Crippen LogP contribution < -0.4 is 5.01 Å². The van der Waals surface area contributed by atoms with Crippen molar-refractivity contribution in [2.24, 2.45) is 5.10 Å². The van der Waals surface area contributed by atoms with E-state index < -0.39 is 18.6 Å². The summed E-state index contributed by atoms with van der Waals surface area (Å²) in [5.41, 5.74) is 2.12. The average Bonchev–Trinajstić information content (AvgIpc) is 2.55. The second-order valence-corrected chi connectivity index (χ2v) is 6.13. The van der Waals surface area contributed by atoms with E-state index in [9.17, 15) is 22.8 Å². The Morgan fingerprint density at radius 3 is 2.65 bits per heavy atom. The van der Waals surface area contributed by atoms with Gasteiger partial charge >= 0.3 is 6.18 Å². The third-order valence-electron chi connectivity index (χ3n) is 3.88. The summed E-state index contributed by atoms with van der Waals surface area (Å²) in [5, 5.41) is 5.19. The maximum absolute atomic E-state index is 12.7. The van der Waals surface area contributed by atoms with E-state index in [1.807, 2.05) is 19.1 Å². The van der Waals surface area contributed by atoms with Crippen LogP contribution in [0.4, 0.5) is 18.9 Å². The molecule has 26 heavy (non-hydrogen) atoms. The van der Waals surface area contributed by atoms with E-state index >= 15 is 0 Å². The fourth-order valence-electron chi connectivity index (χ4n) is 2.62. The first-order valence-corrected chi connectivity index (χ1v) is 8.07. The van der Waals surface area contributed by atoms with Crippen LogP contribution in [0.25, 0.3) is 0 Å². The van der Waals surface area contributed by atoms with Crippen LogP contribution in [0.15, 0.2) is 36.0 Å². The van der Waals surface area contributed by atoms with Crippen LogP contribution in [-0.2, 0) is 9.59 Å². The van der Waals surface area contributed by atoms with Crippen LogP contribution in [0.1, 0.15) is 24.0 Å². The highest BCUT2D eigenvalue weighted by Crippen LogP contribution is 2.26. The lowest BCUT2D eigenvalue weighted by molar-refractivity contribution is -0.156. The first-order valence-electron chi connectivity index (χ1n) is 8.07. The highest BCUT2D eigenvalue weighted by atomic mass is 19.4. The standard InChI is InChI=1S/C18H20F3N3O2/c1-4-9-23(11-18(19,20)21)17(26)14-7-8-16(25)24(22-14)15-10-12(2)5-6-13(15)3/h4-6,10H,1,7-9,11H2,2-3H3. The monoisotopic (exact) mass is 367 g/mol. The molecule has 0 N–H and O–H groups in total. The Labute approximate surface area is 149 Å². The number of halogens is 3. The summed E-state index contributed by atoms with van der Waals surface area (Å²) in [6, 6.07) is 5.44. The maximum atomic E-state index is 12.7. The molecule has 1 heterocycles. The molecule has 0 spiro atoms. The third-order valence-corrected chi connectivity index (χ3v) is 3.88. The van der Waals surface area contributed by atoms with Crippen molar-refractivity contribution in [2.45, 2.75) is 32.9 Å². The van der Waals surface area contributed by atoms with Gasteiger partial charge in [0.25, 0.3) is 5.91 Å².